The molecule has 0 saturated carbocycles. The molecule has 0 spiro atoms. The number of rotatable bonds is 3. The fourth-order valence-corrected chi connectivity index (χ4v) is 4.62. The highest BCUT2D eigenvalue weighted by atomic mass is 32.2. The molecule has 1 N–H and O–H groups in total. The second-order valence-electron chi connectivity index (χ2n) is 6.15. The van der Waals surface area contributed by atoms with E-state index in [1.165, 1.54) is 17.7 Å². The van der Waals surface area contributed by atoms with Crippen molar-refractivity contribution in [1.82, 2.24) is 19.2 Å². The minimum atomic E-state index is -3.65. The van der Waals surface area contributed by atoms with Gasteiger partial charge in [-0.3, -0.25) is 9.36 Å². The molecule has 1 amide bonds. The van der Waals surface area contributed by atoms with Gasteiger partial charge in [-0.15, -0.1) is 0 Å². The second-order valence-corrected chi connectivity index (χ2v) is 8.05. The number of hydrogen-bond acceptors (Lipinski definition) is 4. The van der Waals surface area contributed by atoms with Crippen molar-refractivity contribution in [3.63, 3.8) is 0 Å². The van der Waals surface area contributed by atoms with E-state index in [0.717, 1.165) is 0 Å². The Hall–Kier alpha value is -2.19. The molecule has 8 heteroatoms. The maximum absolute atomic E-state index is 13.1. The summed E-state index contributed by atoms with van der Waals surface area (Å²) in [5.74, 6) is -0.171. The van der Waals surface area contributed by atoms with E-state index in [9.17, 15) is 13.2 Å². The summed E-state index contributed by atoms with van der Waals surface area (Å²) >= 11 is 0. The van der Waals surface area contributed by atoms with Crippen LogP contribution < -0.4 is 5.32 Å². The highest BCUT2D eigenvalue weighted by Crippen LogP contribution is 2.31. The number of fused-ring (bicyclic) bond motifs is 3. The summed E-state index contributed by atoms with van der Waals surface area (Å²) in [5.41, 5.74) is 1.34. The largest absolute Gasteiger partial charge is 0.354 e. The fraction of sp³-hybridized carbons (Fsp3) is 0.375. The number of imidazole rings is 1. The molecule has 1 aliphatic heterocycles. The predicted octanol–water partition coefficient (Wildman–Crippen LogP) is 1.39. The van der Waals surface area contributed by atoms with Crippen LogP contribution in [0, 0.1) is 5.92 Å². The Bertz CT molecular complexity index is 886. The van der Waals surface area contributed by atoms with Crippen molar-refractivity contribution in [2.45, 2.75) is 25.3 Å². The van der Waals surface area contributed by atoms with Gasteiger partial charge >= 0.3 is 0 Å². The van der Waals surface area contributed by atoms with Gasteiger partial charge in [0.25, 0.3) is 5.91 Å². The van der Waals surface area contributed by atoms with Gasteiger partial charge in [0.1, 0.15) is 11.2 Å². The highest BCUT2D eigenvalue weighted by molar-refractivity contribution is 7.89. The molecule has 0 fully saturated rings. The zero-order valence-corrected chi connectivity index (χ0v) is 14.7. The van der Waals surface area contributed by atoms with Crippen molar-refractivity contribution < 1.29 is 13.2 Å². The lowest BCUT2D eigenvalue weighted by molar-refractivity contribution is 0.0957. The van der Waals surface area contributed by atoms with Crippen molar-refractivity contribution >= 4 is 15.9 Å². The zero-order chi connectivity index (χ0) is 17.5. The molecule has 1 aromatic heterocycles. The number of amides is 1. The molecule has 24 heavy (non-hydrogen) atoms. The smallest absolute Gasteiger partial charge is 0.271 e. The van der Waals surface area contributed by atoms with E-state index in [1.807, 2.05) is 13.8 Å². The molecular formula is C16H20N4O3S. The third-order valence-electron chi connectivity index (χ3n) is 3.95. The Morgan fingerprint density at radius 2 is 2.04 bits per heavy atom. The molecule has 2 heterocycles. The maximum Gasteiger partial charge on any atom is 0.271 e. The van der Waals surface area contributed by atoms with Crippen LogP contribution in [-0.4, -0.2) is 41.8 Å². The summed E-state index contributed by atoms with van der Waals surface area (Å²) < 4.78 is 29.2. The van der Waals surface area contributed by atoms with Gasteiger partial charge in [0.15, 0.2) is 5.69 Å². The van der Waals surface area contributed by atoms with Gasteiger partial charge < -0.3 is 5.32 Å². The van der Waals surface area contributed by atoms with Gasteiger partial charge in [0.05, 0.1) is 17.9 Å². The number of nitrogens with one attached hydrogen (secondary N) is 1. The van der Waals surface area contributed by atoms with E-state index >= 15 is 0 Å². The molecule has 1 aromatic carbocycles. The number of carbonyl (C=O) groups excluding carboxylic acids is 1. The number of carbonyl (C=O) groups is 1. The van der Waals surface area contributed by atoms with E-state index in [2.05, 4.69) is 10.3 Å². The Morgan fingerprint density at radius 1 is 1.33 bits per heavy atom. The van der Waals surface area contributed by atoms with Gasteiger partial charge in [0.2, 0.25) is 10.0 Å². The maximum atomic E-state index is 13.1. The van der Waals surface area contributed by atoms with Gasteiger partial charge in [-0.2, -0.15) is 4.31 Å². The summed E-state index contributed by atoms with van der Waals surface area (Å²) in [6, 6.07) is 6.79. The van der Waals surface area contributed by atoms with Crippen molar-refractivity contribution in [2.75, 3.05) is 13.6 Å². The third kappa shape index (κ3) is 2.61. The molecule has 0 radical (unpaired) electrons. The normalized spacial score (nSPS) is 16.3. The first-order chi connectivity index (χ1) is 11.4. The SMILES string of the molecule is CNC(=O)c1ncn2c1CN(CC(C)C)S(=O)(=O)c1ccccc1-2. The fourth-order valence-electron chi connectivity index (χ4n) is 2.88. The van der Waals surface area contributed by atoms with E-state index < -0.39 is 10.0 Å². The molecule has 0 saturated heterocycles. The van der Waals surface area contributed by atoms with Crippen LogP contribution in [0.25, 0.3) is 5.69 Å². The Balaban J connectivity index is 2.27. The number of sulfonamides is 1. The predicted molar refractivity (Wildman–Crippen MR) is 89.4 cm³/mol. The number of hydrogen-bond donors (Lipinski definition) is 1. The first-order valence-corrected chi connectivity index (χ1v) is 9.18. The van der Waals surface area contributed by atoms with Crippen LogP contribution in [0.5, 0.6) is 0 Å². The van der Waals surface area contributed by atoms with Crippen LogP contribution in [0.2, 0.25) is 0 Å². The zero-order valence-electron chi connectivity index (χ0n) is 13.9. The van der Waals surface area contributed by atoms with E-state index in [-0.39, 0.29) is 29.0 Å². The Kier molecular flexibility index (Phi) is 4.18. The van der Waals surface area contributed by atoms with Crippen LogP contribution in [0.3, 0.4) is 0 Å². The second kappa shape index (κ2) is 6.03. The monoisotopic (exact) mass is 348 g/mol. The van der Waals surface area contributed by atoms with Crippen molar-refractivity contribution in [1.29, 1.82) is 0 Å². The summed E-state index contributed by atoms with van der Waals surface area (Å²) in [6.45, 7) is 4.40. The molecule has 7 nitrogen and oxygen atoms in total. The average Bonchev–Trinajstić information content (AvgIpc) is 2.93. The van der Waals surface area contributed by atoms with Gasteiger partial charge in [0, 0.05) is 13.6 Å². The molecular weight excluding hydrogens is 328 g/mol. The molecule has 0 unspecified atom stereocenters. The molecule has 128 valence electrons. The van der Waals surface area contributed by atoms with Crippen molar-refractivity contribution in [3.05, 3.63) is 42.0 Å². The average molecular weight is 348 g/mol. The standard InChI is InChI=1S/C16H20N4O3S/c1-11(2)8-19-9-13-15(16(21)17-3)18-10-20(13)12-6-4-5-7-14(12)24(19,22)23/h4-7,10-11H,8-9H2,1-3H3,(H,17,21). The molecule has 0 bridgehead atoms. The van der Waals surface area contributed by atoms with Gasteiger partial charge in [-0.05, 0) is 18.1 Å². The van der Waals surface area contributed by atoms with Crippen LogP contribution >= 0.6 is 0 Å². The number of benzene rings is 1. The van der Waals surface area contributed by atoms with Crippen LogP contribution in [0.15, 0.2) is 35.5 Å². The Morgan fingerprint density at radius 3 is 2.71 bits per heavy atom. The van der Waals surface area contributed by atoms with Crippen LogP contribution in [-0.2, 0) is 16.6 Å². The Labute approximate surface area is 141 Å². The molecule has 3 rings (SSSR count). The highest BCUT2D eigenvalue weighted by Gasteiger charge is 2.34. The van der Waals surface area contributed by atoms with Crippen molar-refractivity contribution in [2.24, 2.45) is 5.92 Å². The van der Waals surface area contributed by atoms with Crippen LogP contribution in [0.4, 0.5) is 0 Å². The summed E-state index contributed by atoms with van der Waals surface area (Å²) in [6.07, 6.45) is 1.51. The van der Waals surface area contributed by atoms with Gasteiger partial charge in [-0.1, -0.05) is 26.0 Å². The number of para-hydroxylation sites is 1. The molecule has 0 aliphatic carbocycles. The van der Waals surface area contributed by atoms with E-state index in [0.29, 0.717) is 17.9 Å². The lowest BCUT2D eigenvalue weighted by Crippen LogP contribution is -2.34. The first kappa shape index (κ1) is 16.7. The van der Waals surface area contributed by atoms with E-state index in [1.54, 1.807) is 28.8 Å². The topological polar surface area (TPSA) is 84.3 Å². The summed E-state index contributed by atoms with van der Waals surface area (Å²) in [5, 5.41) is 2.56. The number of nitrogens with zero attached hydrogens (tertiary/aromatic N) is 3. The van der Waals surface area contributed by atoms with E-state index in [4.69, 9.17) is 0 Å². The van der Waals surface area contributed by atoms with Gasteiger partial charge in [-0.25, -0.2) is 13.4 Å². The third-order valence-corrected chi connectivity index (χ3v) is 5.81. The molecule has 0 atom stereocenters. The molecule has 2 aromatic rings. The van der Waals surface area contributed by atoms with Crippen molar-refractivity contribution in [3.8, 4) is 5.69 Å². The lowest BCUT2D eigenvalue weighted by atomic mass is 10.2. The minimum Gasteiger partial charge on any atom is -0.354 e. The quantitative estimate of drug-likeness (QED) is 0.908. The number of aromatic nitrogens is 2. The molecule has 1 aliphatic rings. The summed E-state index contributed by atoms with van der Waals surface area (Å²) in [4.78, 5) is 16.5. The first-order valence-electron chi connectivity index (χ1n) is 7.74. The van der Waals surface area contributed by atoms with Crippen LogP contribution in [0.1, 0.15) is 30.0 Å². The summed E-state index contributed by atoms with van der Waals surface area (Å²) in [7, 11) is -2.12. The minimum absolute atomic E-state index is 0.109. The lowest BCUT2D eigenvalue weighted by Gasteiger charge is -2.22.